The molecule has 2 aromatic rings. The fourth-order valence-corrected chi connectivity index (χ4v) is 5.87. The van der Waals surface area contributed by atoms with Gasteiger partial charge in [0.1, 0.15) is 0 Å². The second-order valence-electron chi connectivity index (χ2n) is 6.43. The Balaban J connectivity index is 1.32. The average molecular weight is 398 g/mol. The molecule has 0 unspecified atom stereocenters. The Hall–Kier alpha value is -1.30. The van der Waals surface area contributed by atoms with Gasteiger partial charge in [0.05, 0.1) is 23.8 Å². The normalized spacial score (nSPS) is 21.2. The van der Waals surface area contributed by atoms with Crippen molar-refractivity contribution in [3.8, 4) is 10.6 Å². The monoisotopic (exact) mass is 397 g/mol. The molecule has 142 valence electrons. The van der Waals surface area contributed by atoms with Crippen molar-refractivity contribution in [3.05, 3.63) is 29.3 Å². The molecule has 0 aromatic carbocycles. The summed E-state index contributed by atoms with van der Waals surface area (Å²) in [5, 5.41) is 6.97. The van der Waals surface area contributed by atoms with Crippen LogP contribution in [0.15, 0.2) is 24.4 Å². The van der Waals surface area contributed by atoms with Gasteiger partial charge >= 0.3 is 0 Å². The summed E-state index contributed by atoms with van der Waals surface area (Å²) < 4.78 is 33.8. The minimum atomic E-state index is -3.36. The summed E-state index contributed by atoms with van der Waals surface area (Å²) in [5.74, 6) is 0. The fourth-order valence-electron chi connectivity index (χ4n) is 3.28. The number of ether oxygens (including phenoxy) is 1. The first kappa shape index (κ1) is 18.1. The second kappa shape index (κ2) is 7.75. The van der Waals surface area contributed by atoms with Gasteiger partial charge in [-0.05, 0) is 18.2 Å². The van der Waals surface area contributed by atoms with E-state index in [0.29, 0.717) is 39.4 Å². The van der Waals surface area contributed by atoms with Crippen LogP contribution in [-0.2, 0) is 21.5 Å². The molecule has 2 fully saturated rings. The van der Waals surface area contributed by atoms with E-state index >= 15 is 0 Å². The smallest absolute Gasteiger partial charge is 0.282 e. The molecule has 0 spiro atoms. The van der Waals surface area contributed by atoms with Crippen LogP contribution in [0.2, 0.25) is 0 Å². The van der Waals surface area contributed by atoms with E-state index in [-0.39, 0.29) is 0 Å². The third-order valence-electron chi connectivity index (χ3n) is 4.76. The van der Waals surface area contributed by atoms with Gasteiger partial charge in [0.15, 0.2) is 0 Å². The lowest BCUT2D eigenvalue weighted by Crippen LogP contribution is -2.54. The summed E-state index contributed by atoms with van der Waals surface area (Å²) >= 11 is 1.75. The topological polar surface area (TPSA) is 81.8 Å². The van der Waals surface area contributed by atoms with Crippen LogP contribution >= 0.6 is 11.3 Å². The molecule has 0 aliphatic carbocycles. The zero-order valence-electron chi connectivity index (χ0n) is 14.5. The molecule has 0 saturated carbocycles. The van der Waals surface area contributed by atoms with Gasteiger partial charge in [-0.3, -0.25) is 10.00 Å². The third kappa shape index (κ3) is 3.85. The van der Waals surface area contributed by atoms with Gasteiger partial charge in [-0.25, -0.2) is 0 Å². The van der Waals surface area contributed by atoms with Crippen molar-refractivity contribution in [2.75, 3.05) is 52.5 Å². The van der Waals surface area contributed by atoms with Gasteiger partial charge in [0.25, 0.3) is 10.2 Å². The summed E-state index contributed by atoms with van der Waals surface area (Å²) in [6.45, 7) is 5.30. The Morgan fingerprint density at radius 1 is 1.04 bits per heavy atom. The van der Waals surface area contributed by atoms with Crippen LogP contribution in [0.4, 0.5) is 0 Å². The predicted molar refractivity (Wildman–Crippen MR) is 100 cm³/mol. The number of aromatic amines is 1. The maximum atomic E-state index is 12.7. The molecular weight excluding hydrogens is 374 g/mol. The highest BCUT2D eigenvalue weighted by atomic mass is 32.2. The highest BCUT2D eigenvalue weighted by molar-refractivity contribution is 7.86. The van der Waals surface area contributed by atoms with Crippen LogP contribution in [-0.4, -0.2) is 84.6 Å². The molecule has 0 atom stereocenters. The van der Waals surface area contributed by atoms with Crippen LogP contribution < -0.4 is 0 Å². The number of thiophene rings is 1. The lowest BCUT2D eigenvalue weighted by Gasteiger charge is -2.37. The Kier molecular flexibility index (Phi) is 5.39. The molecule has 8 nitrogen and oxygen atoms in total. The molecule has 2 saturated heterocycles. The minimum absolute atomic E-state index is 0.453. The first-order valence-electron chi connectivity index (χ1n) is 8.77. The van der Waals surface area contributed by atoms with Gasteiger partial charge < -0.3 is 4.74 Å². The Morgan fingerprint density at radius 3 is 2.46 bits per heavy atom. The summed E-state index contributed by atoms with van der Waals surface area (Å²) in [5.41, 5.74) is 1.03. The molecular formula is C16H23N5O3S2. The molecule has 4 heterocycles. The number of nitrogens with one attached hydrogen (secondary N) is 1. The van der Waals surface area contributed by atoms with Crippen molar-refractivity contribution in [1.29, 1.82) is 0 Å². The molecule has 2 aliphatic rings. The van der Waals surface area contributed by atoms with E-state index in [2.05, 4.69) is 27.2 Å². The average Bonchev–Trinajstić information content (AvgIpc) is 3.34. The zero-order chi connectivity index (χ0) is 18.0. The highest BCUT2D eigenvalue weighted by Gasteiger charge is 2.33. The number of morpholine rings is 1. The van der Waals surface area contributed by atoms with Gasteiger partial charge in [0, 0.05) is 56.9 Å². The van der Waals surface area contributed by atoms with Crippen LogP contribution in [0.5, 0.6) is 0 Å². The first-order chi connectivity index (χ1) is 12.6. The molecule has 0 amide bonds. The predicted octanol–water partition coefficient (Wildman–Crippen LogP) is 0.833. The SMILES string of the molecule is O=S(=O)(N1CCOCC1)N1CCN(Cc2ccc(-c3ccn[nH]3)s2)CC1. The fraction of sp³-hybridized carbons (Fsp3) is 0.562. The first-order valence-corrected chi connectivity index (χ1v) is 11.0. The van der Waals surface area contributed by atoms with E-state index in [1.165, 1.54) is 9.75 Å². The van der Waals surface area contributed by atoms with Crippen LogP contribution in [0.3, 0.4) is 0 Å². The summed E-state index contributed by atoms with van der Waals surface area (Å²) in [4.78, 5) is 4.76. The summed E-state index contributed by atoms with van der Waals surface area (Å²) in [6.07, 6.45) is 1.75. The molecule has 2 aliphatic heterocycles. The standard InChI is InChI=1S/C16H23N5O3S2/c22-26(23,21-9-11-24-12-10-21)20-7-5-19(6-8-20)13-14-1-2-16(25-14)15-3-4-17-18-15/h1-4H,5-13H2,(H,17,18). The van der Waals surface area contributed by atoms with E-state index < -0.39 is 10.2 Å². The molecule has 4 rings (SSSR count). The number of hydrogen-bond donors (Lipinski definition) is 1. The van der Waals surface area contributed by atoms with E-state index in [0.717, 1.165) is 25.3 Å². The maximum Gasteiger partial charge on any atom is 0.282 e. The largest absolute Gasteiger partial charge is 0.379 e. The molecule has 0 bridgehead atoms. The highest BCUT2D eigenvalue weighted by Crippen LogP contribution is 2.27. The minimum Gasteiger partial charge on any atom is -0.379 e. The van der Waals surface area contributed by atoms with Gasteiger partial charge in [0.2, 0.25) is 0 Å². The number of H-pyrrole nitrogens is 1. The Bertz CT molecular complexity index is 807. The number of aromatic nitrogens is 2. The number of hydrogen-bond acceptors (Lipinski definition) is 6. The number of piperazine rings is 1. The van der Waals surface area contributed by atoms with Gasteiger partial charge in [-0.1, -0.05) is 0 Å². The summed E-state index contributed by atoms with van der Waals surface area (Å²) in [7, 11) is -3.36. The maximum absolute atomic E-state index is 12.7. The van der Waals surface area contributed by atoms with Crippen LogP contribution in [0, 0.1) is 0 Å². The van der Waals surface area contributed by atoms with Crippen molar-refractivity contribution in [1.82, 2.24) is 23.7 Å². The number of rotatable bonds is 5. The molecule has 10 heteroatoms. The van der Waals surface area contributed by atoms with Crippen molar-refractivity contribution in [3.63, 3.8) is 0 Å². The lowest BCUT2D eigenvalue weighted by molar-refractivity contribution is 0.0684. The Morgan fingerprint density at radius 2 is 1.77 bits per heavy atom. The van der Waals surface area contributed by atoms with E-state index in [9.17, 15) is 8.42 Å². The molecule has 26 heavy (non-hydrogen) atoms. The third-order valence-corrected chi connectivity index (χ3v) is 7.90. The van der Waals surface area contributed by atoms with Gasteiger partial charge in [-0.2, -0.15) is 22.1 Å². The molecule has 1 N–H and O–H groups in total. The molecule has 0 radical (unpaired) electrons. The second-order valence-corrected chi connectivity index (χ2v) is 9.53. The summed E-state index contributed by atoms with van der Waals surface area (Å²) in [6, 6.07) is 6.20. The van der Waals surface area contributed by atoms with Crippen LogP contribution in [0.25, 0.3) is 10.6 Å². The quantitative estimate of drug-likeness (QED) is 0.808. The molecule has 2 aromatic heterocycles. The van der Waals surface area contributed by atoms with Crippen molar-refractivity contribution in [2.45, 2.75) is 6.54 Å². The van der Waals surface area contributed by atoms with Crippen LogP contribution in [0.1, 0.15) is 4.88 Å². The van der Waals surface area contributed by atoms with E-state index in [1.807, 2.05) is 6.07 Å². The van der Waals surface area contributed by atoms with Crippen molar-refractivity contribution < 1.29 is 13.2 Å². The van der Waals surface area contributed by atoms with Crippen molar-refractivity contribution in [2.24, 2.45) is 0 Å². The lowest BCUT2D eigenvalue weighted by atomic mass is 10.3. The van der Waals surface area contributed by atoms with E-state index in [1.54, 1.807) is 26.1 Å². The Labute approximate surface area is 157 Å². The van der Waals surface area contributed by atoms with E-state index in [4.69, 9.17) is 4.74 Å². The number of nitrogens with zero attached hydrogens (tertiary/aromatic N) is 4. The van der Waals surface area contributed by atoms with Gasteiger partial charge in [-0.15, -0.1) is 11.3 Å². The van der Waals surface area contributed by atoms with Crippen molar-refractivity contribution >= 4 is 21.5 Å². The zero-order valence-corrected chi connectivity index (χ0v) is 16.1.